The van der Waals surface area contributed by atoms with Crippen LogP contribution in [0.25, 0.3) is 0 Å². The number of anilines is 1. The normalized spacial score (nSPS) is 28.1. The Bertz CT molecular complexity index is 2320. The minimum absolute atomic E-state index is 0.00515. The van der Waals surface area contributed by atoms with E-state index in [9.17, 15) is 23.7 Å². The third-order valence-corrected chi connectivity index (χ3v) is 15.3. The number of piperazine rings is 1. The molecule has 3 amide bonds. The van der Waals surface area contributed by atoms with E-state index in [0.717, 1.165) is 69.5 Å². The smallest absolute Gasteiger partial charge is 0.286 e. The molecule has 4 aliphatic heterocycles. The van der Waals surface area contributed by atoms with Gasteiger partial charge in [-0.15, -0.1) is 9.46 Å². The number of aromatic nitrogens is 2. The summed E-state index contributed by atoms with van der Waals surface area (Å²) in [6.45, 7) is 7.41. The van der Waals surface area contributed by atoms with E-state index < -0.39 is 27.3 Å². The van der Waals surface area contributed by atoms with Gasteiger partial charge in [0.2, 0.25) is 11.8 Å². The van der Waals surface area contributed by atoms with Crippen LogP contribution in [0.5, 0.6) is 11.6 Å². The van der Waals surface area contributed by atoms with Gasteiger partial charge in [-0.25, -0.2) is 4.21 Å². The van der Waals surface area contributed by atoms with E-state index in [-0.39, 0.29) is 52.8 Å². The molecule has 2 bridgehead atoms. The molecule has 15 nitrogen and oxygen atoms in total. The molecule has 0 spiro atoms. The molecule has 1 saturated carbocycles. The first-order valence-corrected chi connectivity index (χ1v) is 23.8. The van der Waals surface area contributed by atoms with E-state index >= 15 is 0 Å². The Kier molecular flexibility index (Phi) is 13.3. The van der Waals surface area contributed by atoms with Crippen LogP contribution in [0.4, 0.5) is 5.69 Å². The topological polar surface area (TPSA) is 168 Å². The Morgan fingerprint density at radius 1 is 1.08 bits per heavy atom. The third kappa shape index (κ3) is 9.84. The fraction of sp³-hybridized carbons (Fsp3) is 0.556. The molecule has 2 N–H and O–H groups in total. The van der Waals surface area contributed by atoms with E-state index in [4.69, 9.17) is 25.8 Å². The largest absolute Gasteiger partial charge is 0.491 e. The minimum Gasteiger partial charge on any atom is -0.491 e. The van der Waals surface area contributed by atoms with Crippen LogP contribution in [0.2, 0.25) is 5.02 Å². The van der Waals surface area contributed by atoms with Gasteiger partial charge in [-0.05, 0) is 97.7 Å². The molecule has 0 radical (unpaired) electrons. The highest BCUT2D eigenvalue weighted by Gasteiger charge is 2.48. The number of fused-ring (bicyclic) bond motifs is 3. The van der Waals surface area contributed by atoms with Crippen molar-refractivity contribution in [3.8, 4) is 11.6 Å². The molecule has 0 unspecified atom stereocenters. The number of amides is 3. The van der Waals surface area contributed by atoms with Gasteiger partial charge < -0.3 is 29.1 Å². The summed E-state index contributed by atoms with van der Waals surface area (Å²) in [6.07, 6.45) is 9.41. The lowest BCUT2D eigenvalue weighted by molar-refractivity contribution is -0.143. The van der Waals surface area contributed by atoms with E-state index in [1.807, 2.05) is 36.1 Å². The van der Waals surface area contributed by atoms with Gasteiger partial charge in [0.15, 0.2) is 0 Å². The summed E-state index contributed by atoms with van der Waals surface area (Å²) >= 11 is 6.53. The molecule has 2 aromatic carbocycles. The fourth-order valence-electron chi connectivity index (χ4n) is 9.44. The van der Waals surface area contributed by atoms with Crippen LogP contribution >= 0.6 is 11.6 Å². The average Bonchev–Trinajstić information content (AvgIpc) is 3.58. The maximum Gasteiger partial charge on any atom is 0.286 e. The van der Waals surface area contributed by atoms with Gasteiger partial charge in [-0.2, -0.15) is 0 Å². The lowest BCUT2D eigenvalue weighted by atomic mass is 9.63. The molecule has 334 valence electrons. The van der Waals surface area contributed by atoms with Crippen molar-refractivity contribution in [3.63, 3.8) is 0 Å². The number of hydrogen-bond donors (Lipinski definition) is 2. The molecule has 62 heavy (non-hydrogen) atoms. The van der Waals surface area contributed by atoms with E-state index in [0.29, 0.717) is 61.7 Å². The van der Waals surface area contributed by atoms with Crippen molar-refractivity contribution in [1.29, 1.82) is 0 Å². The predicted molar refractivity (Wildman–Crippen MR) is 236 cm³/mol. The zero-order valence-corrected chi connectivity index (χ0v) is 37.4. The monoisotopic (exact) mass is 891 g/mol. The second-order valence-corrected chi connectivity index (χ2v) is 20.0. The Balaban J connectivity index is 1.18. The number of allylic oxidation sites excluding steroid dienone is 1. The van der Waals surface area contributed by atoms with E-state index in [2.05, 4.69) is 24.0 Å². The summed E-state index contributed by atoms with van der Waals surface area (Å²) in [5.41, 5.74) is 1.62. The first-order valence-electron chi connectivity index (χ1n) is 21.8. The zero-order chi connectivity index (χ0) is 43.6. The average molecular weight is 893 g/mol. The number of aliphatic hydroxyl groups is 1. The Hall–Kier alpha value is -4.48. The highest BCUT2D eigenvalue weighted by molar-refractivity contribution is 7.92. The van der Waals surface area contributed by atoms with Crippen molar-refractivity contribution in [1.82, 2.24) is 24.3 Å². The SMILES string of the molecule is COc1nn(C)cc1C(=O)N[S@@]1(=O)=NC(=O)c2ccc3c(c2)N(Cc2ccc(Cl)cc2CCCCO3)C[C@@H]2CC[C@H]2[C@](O)(CC(=O)N2CCN(C3COC3)CC2)/C=C/C[C@H](C)C1. The first-order chi connectivity index (χ1) is 29.8. The third-order valence-electron chi connectivity index (χ3n) is 13.1. The minimum atomic E-state index is -3.76. The quantitative estimate of drug-likeness (QED) is 0.318. The standard InChI is InChI=1S/C45H58ClN7O8S/c1-30-7-6-15-45(57,23-41(54)52-18-16-51(17-19-52)36-27-60-28-36)38-13-10-34(38)25-53-24-33-9-12-35(46)21-31(33)8-4-5-20-61-40-14-11-32(22-39(40)53)42(55)48-62(58,29-30)49-43(56)37-26-50(2)47-44(37)59-3/h6,9,11-12,14-15,21-22,26,30,34,36,38,57H,4-5,7-8,10,13,16-20,23-25,27-29H2,1-3H3,(H,48,49,55,56,58)/b15-6+/t30-,34-,38+,45+,62-/m0/s1. The lowest BCUT2D eigenvalue weighted by Crippen LogP contribution is -2.58. The number of methoxy groups -OCH3 is 1. The van der Waals surface area contributed by atoms with E-state index in [1.54, 1.807) is 31.3 Å². The summed E-state index contributed by atoms with van der Waals surface area (Å²) < 4.78 is 40.3. The van der Waals surface area contributed by atoms with Gasteiger partial charge in [0, 0.05) is 63.1 Å². The molecule has 1 aromatic heterocycles. The first kappa shape index (κ1) is 44.1. The molecule has 5 aliphatic rings. The van der Waals surface area contributed by atoms with Crippen molar-refractivity contribution in [2.45, 2.75) is 70.1 Å². The van der Waals surface area contributed by atoms with E-state index in [1.165, 1.54) is 18.0 Å². The van der Waals surface area contributed by atoms with Gasteiger partial charge >= 0.3 is 0 Å². The van der Waals surface area contributed by atoms with Crippen LogP contribution in [0.1, 0.15) is 77.3 Å². The summed E-state index contributed by atoms with van der Waals surface area (Å²) in [7, 11) is -0.744. The number of benzene rings is 2. The summed E-state index contributed by atoms with van der Waals surface area (Å²) in [4.78, 5) is 48.6. The molecular formula is C45H58ClN7O8S. The van der Waals surface area contributed by atoms with Crippen molar-refractivity contribution >= 4 is 44.9 Å². The Morgan fingerprint density at radius 2 is 1.89 bits per heavy atom. The molecule has 1 aliphatic carbocycles. The summed E-state index contributed by atoms with van der Waals surface area (Å²) in [5.74, 6) is -1.76. The number of nitrogens with zero attached hydrogens (tertiary/aromatic N) is 6. The second kappa shape index (κ2) is 18.7. The highest BCUT2D eigenvalue weighted by atomic mass is 35.5. The van der Waals surface area contributed by atoms with Gasteiger partial charge in [0.25, 0.3) is 11.8 Å². The highest BCUT2D eigenvalue weighted by Crippen LogP contribution is 2.47. The maximum atomic E-state index is 14.9. The second-order valence-electron chi connectivity index (χ2n) is 17.6. The number of aryl methyl sites for hydroxylation is 2. The van der Waals surface area contributed by atoms with Gasteiger partial charge in [0.1, 0.15) is 21.2 Å². The Labute approximate surface area is 369 Å². The van der Waals surface area contributed by atoms with Crippen LogP contribution in [0.3, 0.4) is 0 Å². The molecule has 8 rings (SSSR count). The van der Waals surface area contributed by atoms with Gasteiger partial charge in [-0.1, -0.05) is 36.7 Å². The van der Waals surface area contributed by atoms with Crippen LogP contribution in [-0.2, 0) is 39.5 Å². The zero-order valence-electron chi connectivity index (χ0n) is 35.8. The molecule has 5 atom stereocenters. The molecule has 5 heterocycles. The number of hydrogen-bond acceptors (Lipinski definition) is 11. The van der Waals surface area contributed by atoms with Crippen LogP contribution < -0.4 is 19.1 Å². The number of carbonyl (C=O) groups is 3. The number of carbonyl (C=O) groups excluding carboxylic acids is 3. The van der Waals surface area contributed by atoms with Crippen molar-refractivity contribution in [2.75, 3.05) is 70.3 Å². The van der Waals surface area contributed by atoms with Crippen LogP contribution in [-0.4, -0.2) is 124 Å². The number of halogens is 1. The summed E-state index contributed by atoms with van der Waals surface area (Å²) in [5, 5.41) is 17.7. The molecule has 3 fully saturated rings. The van der Waals surface area contributed by atoms with Gasteiger partial charge in [-0.3, -0.25) is 28.7 Å². The predicted octanol–water partition coefficient (Wildman–Crippen LogP) is 5.04. The molecular weight excluding hydrogens is 834 g/mol. The fourth-order valence-corrected chi connectivity index (χ4v) is 11.5. The van der Waals surface area contributed by atoms with Gasteiger partial charge in [0.05, 0.1) is 56.4 Å². The van der Waals surface area contributed by atoms with Crippen LogP contribution in [0, 0.1) is 17.8 Å². The van der Waals surface area contributed by atoms with Crippen molar-refractivity contribution in [2.24, 2.45) is 29.2 Å². The molecule has 2 saturated heterocycles. The number of rotatable bonds is 6. The number of ether oxygens (including phenoxy) is 3. The molecule has 17 heteroatoms. The van der Waals surface area contributed by atoms with Crippen molar-refractivity contribution < 1.29 is 37.9 Å². The maximum absolute atomic E-state index is 14.9. The Morgan fingerprint density at radius 3 is 2.61 bits per heavy atom. The summed E-state index contributed by atoms with van der Waals surface area (Å²) in [6, 6.07) is 11.5. The van der Waals surface area contributed by atoms with Crippen LogP contribution in [0.15, 0.2) is 59.1 Å². The van der Waals surface area contributed by atoms with Crippen molar-refractivity contribution in [3.05, 3.63) is 82.0 Å². The molecule has 3 aromatic rings. The number of nitrogens with one attached hydrogen (secondary N) is 1. The lowest BCUT2D eigenvalue weighted by Gasteiger charge is -2.49.